The molecule has 0 unspecified atom stereocenters. The molecule has 1 heterocycles. The van der Waals surface area contributed by atoms with Crippen molar-refractivity contribution in [1.82, 2.24) is 4.98 Å². The predicted octanol–water partition coefficient (Wildman–Crippen LogP) is 4.41. The van der Waals surface area contributed by atoms with Crippen molar-refractivity contribution >= 4 is 69.7 Å². The maximum atomic E-state index is 12.6. The zero-order valence-corrected chi connectivity index (χ0v) is 20.1. The SMILES string of the molecule is CS(=O)(=O)c1ccc2nc(NC(=O)c3ccc(NS(=O)(=O)c4ccc(Cl)cc4)cc3)sc2c1. The van der Waals surface area contributed by atoms with Gasteiger partial charge in [0.1, 0.15) is 0 Å². The summed E-state index contributed by atoms with van der Waals surface area (Å²) in [6.07, 6.45) is 1.12. The normalized spacial score (nSPS) is 11.9. The molecule has 0 saturated heterocycles. The largest absolute Gasteiger partial charge is 0.298 e. The van der Waals surface area contributed by atoms with Crippen LogP contribution in [0.3, 0.4) is 0 Å². The minimum atomic E-state index is -3.80. The number of carbonyl (C=O) groups excluding carboxylic acids is 1. The van der Waals surface area contributed by atoms with E-state index in [1.165, 1.54) is 60.7 Å². The molecule has 0 atom stereocenters. The second kappa shape index (κ2) is 8.75. The Morgan fingerprint density at radius 3 is 2.18 bits per heavy atom. The predicted molar refractivity (Wildman–Crippen MR) is 129 cm³/mol. The number of thiazole rings is 1. The Morgan fingerprint density at radius 2 is 1.55 bits per heavy atom. The van der Waals surface area contributed by atoms with Crippen molar-refractivity contribution in [2.24, 2.45) is 0 Å². The van der Waals surface area contributed by atoms with E-state index in [9.17, 15) is 21.6 Å². The van der Waals surface area contributed by atoms with Crippen molar-refractivity contribution < 1.29 is 21.6 Å². The Kier molecular flexibility index (Phi) is 6.14. The zero-order valence-electron chi connectivity index (χ0n) is 16.9. The summed E-state index contributed by atoms with van der Waals surface area (Å²) in [4.78, 5) is 17.1. The molecule has 1 amide bonds. The lowest BCUT2D eigenvalue weighted by molar-refractivity contribution is 0.102. The second-order valence-corrected chi connectivity index (χ2v) is 12.2. The van der Waals surface area contributed by atoms with Crippen molar-refractivity contribution in [1.29, 1.82) is 0 Å². The van der Waals surface area contributed by atoms with E-state index < -0.39 is 25.8 Å². The van der Waals surface area contributed by atoms with Gasteiger partial charge in [0.25, 0.3) is 15.9 Å². The number of anilines is 2. The Hall–Kier alpha value is -2.99. The molecular weight excluding hydrogens is 506 g/mol. The molecule has 33 heavy (non-hydrogen) atoms. The number of carbonyl (C=O) groups is 1. The van der Waals surface area contributed by atoms with E-state index in [2.05, 4.69) is 15.0 Å². The number of sulfone groups is 1. The molecule has 0 radical (unpaired) electrons. The number of benzene rings is 3. The molecule has 3 aromatic carbocycles. The monoisotopic (exact) mass is 521 g/mol. The van der Waals surface area contributed by atoms with Crippen LogP contribution in [0, 0.1) is 0 Å². The quantitative estimate of drug-likeness (QED) is 0.387. The fourth-order valence-corrected chi connectivity index (χ4v) is 5.68. The molecule has 0 fully saturated rings. The van der Waals surface area contributed by atoms with Gasteiger partial charge in [-0.15, -0.1) is 0 Å². The molecule has 0 bridgehead atoms. The minimum Gasteiger partial charge on any atom is -0.298 e. The van der Waals surface area contributed by atoms with Crippen molar-refractivity contribution in [2.75, 3.05) is 16.3 Å². The van der Waals surface area contributed by atoms with Crippen molar-refractivity contribution in [3.8, 4) is 0 Å². The van der Waals surface area contributed by atoms with Crippen LogP contribution in [0.25, 0.3) is 10.2 Å². The third-order valence-electron chi connectivity index (χ3n) is 4.53. The van der Waals surface area contributed by atoms with Gasteiger partial charge in [-0.1, -0.05) is 22.9 Å². The molecule has 4 aromatic rings. The smallest absolute Gasteiger partial charge is 0.261 e. The Labute approximate surface area is 199 Å². The van der Waals surface area contributed by atoms with E-state index in [1.54, 1.807) is 6.07 Å². The first-order valence-electron chi connectivity index (χ1n) is 9.32. The molecule has 4 rings (SSSR count). The fraction of sp³-hybridized carbons (Fsp3) is 0.0476. The van der Waals surface area contributed by atoms with Gasteiger partial charge >= 0.3 is 0 Å². The summed E-state index contributed by atoms with van der Waals surface area (Å²) in [6.45, 7) is 0. The summed E-state index contributed by atoms with van der Waals surface area (Å²) in [6, 6.07) is 16.2. The first-order valence-corrected chi connectivity index (χ1v) is 13.9. The van der Waals surface area contributed by atoms with E-state index in [-0.39, 0.29) is 15.5 Å². The van der Waals surface area contributed by atoms with Crippen LogP contribution in [0.1, 0.15) is 10.4 Å². The molecule has 1 aromatic heterocycles. The maximum absolute atomic E-state index is 12.6. The summed E-state index contributed by atoms with van der Waals surface area (Å²) in [7, 11) is -7.15. The van der Waals surface area contributed by atoms with E-state index in [0.717, 1.165) is 17.6 Å². The number of amides is 1. The lowest BCUT2D eigenvalue weighted by Gasteiger charge is -2.09. The maximum Gasteiger partial charge on any atom is 0.261 e. The molecule has 8 nitrogen and oxygen atoms in total. The Morgan fingerprint density at radius 1 is 0.909 bits per heavy atom. The first-order chi connectivity index (χ1) is 15.5. The number of nitrogens with one attached hydrogen (secondary N) is 2. The number of hydrogen-bond donors (Lipinski definition) is 2. The summed E-state index contributed by atoms with van der Waals surface area (Å²) in [5.74, 6) is -0.440. The number of halogens is 1. The van der Waals surface area contributed by atoms with Gasteiger partial charge in [-0.25, -0.2) is 21.8 Å². The number of fused-ring (bicyclic) bond motifs is 1. The highest BCUT2D eigenvalue weighted by Crippen LogP contribution is 2.28. The van der Waals surface area contributed by atoms with E-state index >= 15 is 0 Å². The third-order valence-corrected chi connectivity index (χ3v) is 8.22. The Balaban J connectivity index is 1.48. The van der Waals surface area contributed by atoms with Crippen LogP contribution < -0.4 is 10.0 Å². The summed E-state index contributed by atoms with van der Waals surface area (Å²) in [5, 5.41) is 3.41. The van der Waals surface area contributed by atoms with Gasteiger partial charge in [0.15, 0.2) is 15.0 Å². The Bertz CT molecular complexity index is 1560. The average Bonchev–Trinajstić information content (AvgIpc) is 3.15. The van der Waals surface area contributed by atoms with E-state index in [0.29, 0.717) is 25.9 Å². The average molecular weight is 522 g/mol. The lowest BCUT2D eigenvalue weighted by atomic mass is 10.2. The van der Waals surface area contributed by atoms with Gasteiger partial charge in [-0.05, 0) is 66.7 Å². The van der Waals surface area contributed by atoms with Crippen LogP contribution in [0.4, 0.5) is 10.8 Å². The van der Waals surface area contributed by atoms with Gasteiger partial charge in [0.05, 0.1) is 20.0 Å². The first kappa shape index (κ1) is 23.2. The number of aromatic nitrogens is 1. The van der Waals surface area contributed by atoms with E-state index in [4.69, 9.17) is 11.6 Å². The zero-order chi connectivity index (χ0) is 23.8. The summed E-state index contributed by atoms with van der Waals surface area (Å²) >= 11 is 6.95. The number of hydrogen-bond acceptors (Lipinski definition) is 7. The molecule has 2 N–H and O–H groups in total. The van der Waals surface area contributed by atoms with Gasteiger partial charge in [0, 0.05) is 22.5 Å². The molecular formula is C21H16ClN3O5S3. The molecule has 0 aliphatic rings. The highest BCUT2D eigenvalue weighted by Gasteiger charge is 2.16. The molecule has 0 saturated carbocycles. The number of nitrogens with zero attached hydrogens (tertiary/aromatic N) is 1. The van der Waals surface area contributed by atoms with Crippen molar-refractivity contribution in [2.45, 2.75) is 9.79 Å². The summed E-state index contributed by atoms with van der Waals surface area (Å²) in [5.41, 5.74) is 1.14. The number of rotatable bonds is 6. The standard InChI is InChI=1S/C21H16ClN3O5S3/c1-32(27,28)17-10-11-18-19(12-17)31-21(23-18)24-20(26)13-2-6-15(7-3-13)25-33(29,30)16-8-4-14(22)5-9-16/h2-12,25H,1H3,(H,23,24,26). The minimum absolute atomic E-state index is 0.0589. The van der Waals surface area contributed by atoms with Gasteiger partial charge in [-0.2, -0.15) is 0 Å². The molecule has 0 aliphatic heterocycles. The van der Waals surface area contributed by atoms with Crippen LogP contribution in [-0.4, -0.2) is 34.0 Å². The third kappa shape index (κ3) is 5.33. The molecule has 12 heteroatoms. The van der Waals surface area contributed by atoms with E-state index in [1.807, 2.05) is 0 Å². The second-order valence-electron chi connectivity index (χ2n) is 7.01. The molecule has 0 spiro atoms. The molecule has 0 aliphatic carbocycles. The van der Waals surface area contributed by atoms with Crippen molar-refractivity contribution in [3.05, 3.63) is 77.3 Å². The highest BCUT2D eigenvalue weighted by molar-refractivity contribution is 7.92. The lowest BCUT2D eigenvalue weighted by Crippen LogP contribution is -2.14. The van der Waals surface area contributed by atoms with Crippen LogP contribution in [0.5, 0.6) is 0 Å². The van der Waals surface area contributed by atoms with Crippen LogP contribution in [-0.2, 0) is 19.9 Å². The van der Waals surface area contributed by atoms with Crippen LogP contribution in [0.2, 0.25) is 5.02 Å². The number of sulfonamides is 1. The van der Waals surface area contributed by atoms with Gasteiger partial charge in [-0.3, -0.25) is 14.8 Å². The van der Waals surface area contributed by atoms with Crippen LogP contribution in [0.15, 0.2) is 76.5 Å². The highest BCUT2D eigenvalue weighted by atomic mass is 35.5. The van der Waals surface area contributed by atoms with Crippen molar-refractivity contribution in [3.63, 3.8) is 0 Å². The topological polar surface area (TPSA) is 122 Å². The van der Waals surface area contributed by atoms with Crippen LogP contribution >= 0.6 is 22.9 Å². The van der Waals surface area contributed by atoms with Gasteiger partial charge in [0.2, 0.25) is 0 Å². The van der Waals surface area contributed by atoms with Gasteiger partial charge < -0.3 is 0 Å². The fourth-order valence-electron chi connectivity index (χ4n) is 2.88. The molecule has 170 valence electrons. The summed E-state index contributed by atoms with van der Waals surface area (Å²) < 4.78 is 51.4.